The van der Waals surface area contributed by atoms with Crippen LogP contribution < -0.4 is 5.32 Å². The molecule has 1 unspecified atom stereocenters. The molecule has 3 aromatic rings. The maximum Gasteiger partial charge on any atom is 0.328 e. The van der Waals surface area contributed by atoms with Crippen molar-refractivity contribution in [3.63, 3.8) is 0 Å². The van der Waals surface area contributed by atoms with Crippen LogP contribution in [0.1, 0.15) is 56.1 Å². The van der Waals surface area contributed by atoms with Gasteiger partial charge < -0.3 is 30.5 Å². The number of halogens is 1. The molecule has 1 atom stereocenters. The second-order valence-electron chi connectivity index (χ2n) is 11.8. The molecule has 2 heterocycles. The predicted octanol–water partition coefficient (Wildman–Crippen LogP) is 5.85. The Balaban J connectivity index is 0.000000338. The first-order chi connectivity index (χ1) is 23.4. The van der Waals surface area contributed by atoms with Gasteiger partial charge in [0.15, 0.2) is 0 Å². The monoisotopic (exact) mass is 676 g/mol. The number of nitrogens with one attached hydrogen (secondary N) is 1. The summed E-state index contributed by atoms with van der Waals surface area (Å²) in [6.07, 6.45) is 13.8. The third kappa shape index (κ3) is 12.7. The third-order valence-electron chi connectivity index (χ3n) is 8.46. The minimum absolute atomic E-state index is 0.0145. The number of hydrogen-bond acceptors (Lipinski definition) is 7. The van der Waals surface area contributed by atoms with Gasteiger partial charge in [0.25, 0.3) is 0 Å². The van der Waals surface area contributed by atoms with Gasteiger partial charge in [0.2, 0.25) is 0 Å². The zero-order valence-electron chi connectivity index (χ0n) is 27.0. The third-order valence-corrected chi connectivity index (χ3v) is 8.46. The number of ether oxygens (including phenoxy) is 1. The quantitative estimate of drug-likeness (QED) is 0.121. The smallest absolute Gasteiger partial charge is 0.328 e. The lowest BCUT2D eigenvalue weighted by Crippen LogP contribution is -2.47. The summed E-state index contributed by atoms with van der Waals surface area (Å²) in [5.41, 5.74) is 5.04. The molecule has 12 heteroatoms. The van der Waals surface area contributed by atoms with E-state index in [0.717, 1.165) is 51.8 Å². The Bertz CT molecular complexity index is 1540. The standard InChI is InChI=1S/C29H33FN2O.2C4H4O4/c30-26-9-7-25(8-10-26)28(16-20-33-29(22-28)13-3-4-14-29)15-19-32-21-24-5-1-2-6-27(24)23-11-17-31-18-12-23;2*5-3(6)1-2-4(7)8/h1-2,5-12,17-18,32H,3-4,13-16,19-22H2;2*1-2H,(H,5,6)(H,7,8)/b;2*2-1+. The van der Waals surface area contributed by atoms with E-state index in [9.17, 15) is 23.6 Å². The number of rotatable bonds is 11. The van der Waals surface area contributed by atoms with E-state index in [4.69, 9.17) is 25.2 Å². The number of benzene rings is 2. The van der Waals surface area contributed by atoms with E-state index in [1.54, 1.807) is 12.1 Å². The van der Waals surface area contributed by atoms with Crippen LogP contribution in [0.25, 0.3) is 11.1 Å². The Morgan fingerprint density at radius 3 is 1.88 bits per heavy atom. The number of pyridine rings is 1. The Morgan fingerprint density at radius 2 is 1.33 bits per heavy atom. The molecule has 1 aromatic heterocycles. The summed E-state index contributed by atoms with van der Waals surface area (Å²) in [5.74, 6) is -5.19. The van der Waals surface area contributed by atoms with Gasteiger partial charge >= 0.3 is 23.9 Å². The number of carboxylic acid groups (broad SMARTS) is 4. The highest BCUT2D eigenvalue weighted by Crippen LogP contribution is 2.50. The van der Waals surface area contributed by atoms with Gasteiger partial charge in [-0.2, -0.15) is 0 Å². The first-order valence-electron chi connectivity index (χ1n) is 15.8. The first-order valence-corrected chi connectivity index (χ1v) is 15.8. The van der Waals surface area contributed by atoms with Gasteiger partial charge in [0.05, 0.1) is 5.60 Å². The van der Waals surface area contributed by atoms with Crippen molar-refractivity contribution in [3.8, 4) is 11.1 Å². The molecule has 2 aliphatic rings. The zero-order valence-corrected chi connectivity index (χ0v) is 27.0. The lowest BCUT2D eigenvalue weighted by atomic mass is 9.66. The summed E-state index contributed by atoms with van der Waals surface area (Å²) in [7, 11) is 0. The van der Waals surface area contributed by atoms with Crippen LogP contribution in [0.3, 0.4) is 0 Å². The average Bonchev–Trinajstić information content (AvgIpc) is 3.53. The van der Waals surface area contributed by atoms with Gasteiger partial charge in [-0.15, -0.1) is 0 Å². The molecule has 5 rings (SSSR count). The molecular formula is C37H41FN2O9. The van der Waals surface area contributed by atoms with Crippen LogP contribution >= 0.6 is 0 Å². The second kappa shape index (κ2) is 19.0. The fourth-order valence-corrected chi connectivity index (χ4v) is 6.29. The fourth-order valence-electron chi connectivity index (χ4n) is 6.29. The van der Waals surface area contributed by atoms with E-state index >= 15 is 0 Å². The molecule has 5 N–H and O–H groups in total. The molecule has 1 spiro atoms. The van der Waals surface area contributed by atoms with Crippen molar-refractivity contribution in [2.24, 2.45) is 0 Å². The van der Waals surface area contributed by atoms with Gasteiger partial charge in [-0.1, -0.05) is 49.2 Å². The van der Waals surface area contributed by atoms with Crippen molar-refractivity contribution in [3.05, 3.63) is 114 Å². The average molecular weight is 677 g/mol. The summed E-state index contributed by atoms with van der Waals surface area (Å²) >= 11 is 0. The highest BCUT2D eigenvalue weighted by Gasteiger charge is 2.47. The van der Waals surface area contributed by atoms with Gasteiger partial charge in [-0.3, -0.25) is 4.98 Å². The molecule has 1 saturated heterocycles. The zero-order chi connectivity index (χ0) is 35.7. The minimum Gasteiger partial charge on any atom is -0.478 e. The molecule has 260 valence electrons. The van der Waals surface area contributed by atoms with Crippen molar-refractivity contribution in [1.82, 2.24) is 10.3 Å². The van der Waals surface area contributed by atoms with E-state index in [1.807, 2.05) is 24.5 Å². The van der Waals surface area contributed by atoms with Crippen molar-refractivity contribution in [1.29, 1.82) is 0 Å². The molecule has 1 saturated carbocycles. The van der Waals surface area contributed by atoms with Gasteiger partial charge in [0, 0.05) is 55.3 Å². The molecule has 0 amide bonds. The van der Waals surface area contributed by atoms with Crippen molar-refractivity contribution < 1.29 is 48.7 Å². The Labute approximate surface area is 283 Å². The van der Waals surface area contributed by atoms with Gasteiger partial charge in [0.1, 0.15) is 5.82 Å². The van der Waals surface area contributed by atoms with Crippen LogP contribution in [0.15, 0.2) is 97.4 Å². The summed E-state index contributed by atoms with van der Waals surface area (Å²) in [5, 5.41) is 35.0. The molecule has 0 radical (unpaired) electrons. The normalized spacial score (nSPS) is 17.9. The first kappa shape index (κ1) is 38.2. The molecule has 0 bridgehead atoms. The van der Waals surface area contributed by atoms with E-state index in [0.29, 0.717) is 24.3 Å². The molecular weight excluding hydrogens is 635 g/mol. The largest absolute Gasteiger partial charge is 0.478 e. The van der Waals surface area contributed by atoms with Crippen LogP contribution in [0.2, 0.25) is 0 Å². The summed E-state index contributed by atoms with van der Waals surface area (Å²) in [6, 6.07) is 19.9. The number of hydrogen-bond donors (Lipinski definition) is 5. The van der Waals surface area contributed by atoms with Crippen LogP contribution in [0.5, 0.6) is 0 Å². The van der Waals surface area contributed by atoms with Gasteiger partial charge in [-0.05, 0) is 85.2 Å². The molecule has 1 aliphatic carbocycles. The lowest BCUT2D eigenvalue weighted by molar-refractivity contribution is -0.134. The number of carbonyl (C=O) groups is 4. The van der Waals surface area contributed by atoms with Crippen LogP contribution in [0.4, 0.5) is 4.39 Å². The lowest BCUT2D eigenvalue weighted by Gasteiger charge is -2.47. The SMILES string of the molecule is Fc1ccc(C2(CCNCc3ccccc3-c3ccncc3)CCOC3(CCCC3)C2)cc1.O=C(O)/C=C/C(=O)O.O=C(O)/C=C/C(=O)O. The Hall–Kier alpha value is -5.20. The number of nitrogens with zero attached hydrogens (tertiary/aromatic N) is 1. The number of carboxylic acids is 4. The molecule has 1 aliphatic heterocycles. The van der Waals surface area contributed by atoms with Crippen molar-refractivity contribution in [2.75, 3.05) is 13.2 Å². The molecule has 11 nitrogen and oxygen atoms in total. The molecule has 2 aromatic carbocycles. The summed E-state index contributed by atoms with van der Waals surface area (Å²) in [6.45, 7) is 2.53. The van der Waals surface area contributed by atoms with Crippen LogP contribution in [0, 0.1) is 5.82 Å². The van der Waals surface area contributed by atoms with E-state index in [-0.39, 0.29) is 16.8 Å². The topological polar surface area (TPSA) is 183 Å². The summed E-state index contributed by atoms with van der Waals surface area (Å²) < 4.78 is 20.1. The molecule has 49 heavy (non-hydrogen) atoms. The van der Waals surface area contributed by atoms with Crippen molar-refractivity contribution in [2.45, 2.75) is 62.5 Å². The van der Waals surface area contributed by atoms with Crippen LogP contribution in [-0.4, -0.2) is 68.0 Å². The van der Waals surface area contributed by atoms with E-state index in [1.165, 1.54) is 35.1 Å². The fraction of sp³-hybridized carbons (Fsp3) is 0.324. The Morgan fingerprint density at radius 1 is 0.776 bits per heavy atom. The maximum atomic E-state index is 13.7. The van der Waals surface area contributed by atoms with E-state index < -0.39 is 23.9 Å². The maximum absolute atomic E-state index is 13.7. The summed E-state index contributed by atoms with van der Waals surface area (Å²) in [4.78, 5) is 42.4. The van der Waals surface area contributed by atoms with Crippen molar-refractivity contribution >= 4 is 23.9 Å². The highest BCUT2D eigenvalue weighted by molar-refractivity contribution is 5.90. The highest BCUT2D eigenvalue weighted by atomic mass is 19.1. The van der Waals surface area contributed by atoms with Crippen LogP contribution in [-0.2, 0) is 35.9 Å². The minimum atomic E-state index is -1.26. The Kier molecular flexibility index (Phi) is 14.8. The molecule has 2 fully saturated rings. The second-order valence-corrected chi connectivity index (χ2v) is 11.8. The predicted molar refractivity (Wildman–Crippen MR) is 179 cm³/mol. The number of aliphatic carboxylic acids is 4. The van der Waals surface area contributed by atoms with Gasteiger partial charge in [-0.25, -0.2) is 23.6 Å². The number of aromatic nitrogens is 1. The van der Waals surface area contributed by atoms with E-state index in [2.05, 4.69) is 46.7 Å².